The van der Waals surface area contributed by atoms with Crippen LogP contribution in [0.25, 0.3) is 0 Å². The van der Waals surface area contributed by atoms with Crippen LogP contribution in [0.5, 0.6) is 0 Å². The quantitative estimate of drug-likeness (QED) is 0.489. The Kier molecular flexibility index (Phi) is 2.17. The van der Waals surface area contributed by atoms with Crippen molar-refractivity contribution in [3.05, 3.63) is 34.8 Å². The first-order valence-electron chi connectivity index (χ1n) is 3.03. The molecule has 1 aliphatic rings. The average Bonchev–Trinajstić information content (AvgIpc) is 1.97. The summed E-state index contributed by atoms with van der Waals surface area (Å²) in [7, 11) is 0. The molecular formula is C8H10S. The molecule has 0 unspecified atom stereocenters. The van der Waals surface area contributed by atoms with Crippen molar-refractivity contribution in [2.75, 3.05) is 0 Å². The lowest BCUT2D eigenvalue weighted by Crippen LogP contribution is -1.62. The number of allylic oxidation sites excluding steroid dienone is 5. The molecule has 0 aromatic carbocycles. The highest BCUT2D eigenvalue weighted by Gasteiger charge is 1.88. The van der Waals surface area contributed by atoms with E-state index in [4.69, 9.17) is 0 Å². The van der Waals surface area contributed by atoms with Gasteiger partial charge < -0.3 is 0 Å². The van der Waals surface area contributed by atoms with Crippen molar-refractivity contribution in [2.24, 2.45) is 0 Å². The Morgan fingerprint density at radius 1 is 1.33 bits per heavy atom. The minimum Gasteiger partial charge on any atom is -0.144 e. The first-order chi connectivity index (χ1) is 4.29. The third-order valence-corrected chi connectivity index (χ3v) is 1.62. The zero-order valence-electron chi connectivity index (χ0n) is 5.46. The predicted molar refractivity (Wildman–Crippen MR) is 44.6 cm³/mol. The van der Waals surface area contributed by atoms with Crippen LogP contribution in [0.3, 0.4) is 0 Å². The van der Waals surface area contributed by atoms with Gasteiger partial charge in [0.25, 0.3) is 0 Å². The summed E-state index contributed by atoms with van der Waals surface area (Å²) in [6.07, 6.45) is 9.38. The van der Waals surface area contributed by atoms with Crippen LogP contribution >= 0.6 is 12.6 Å². The van der Waals surface area contributed by atoms with Gasteiger partial charge in [0, 0.05) is 4.91 Å². The zero-order chi connectivity index (χ0) is 6.69. The first-order valence-corrected chi connectivity index (χ1v) is 3.48. The fourth-order valence-corrected chi connectivity index (χ4v) is 0.898. The van der Waals surface area contributed by atoms with E-state index in [0.717, 1.165) is 11.3 Å². The van der Waals surface area contributed by atoms with Gasteiger partial charge in [-0.3, -0.25) is 0 Å². The molecule has 0 aromatic rings. The molecule has 0 radical (unpaired) electrons. The standard InChI is InChI=1S/C8H10S/c1-7-3-2-4-8(9)6-5-7/h3-6,9H,2H2,1H3. The highest BCUT2D eigenvalue weighted by Crippen LogP contribution is 2.11. The third kappa shape index (κ3) is 2.10. The van der Waals surface area contributed by atoms with Gasteiger partial charge in [-0.25, -0.2) is 0 Å². The van der Waals surface area contributed by atoms with Gasteiger partial charge in [0.2, 0.25) is 0 Å². The number of hydrogen-bond donors (Lipinski definition) is 1. The predicted octanol–water partition coefficient (Wildman–Crippen LogP) is 2.71. The van der Waals surface area contributed by atoms with Crippen molar-refractivity contribution < 1.29 is 0 Å². The minimum atomic E-state index is 1.01. The molecule has 0 saturated carbocycles. The maximum Gasteiger partial charge on any atom is 0.000322 e. The van der Waals surface area contributed by atoms with Crippen LogP contribution in [0.4, 0.5) is 0 Å². The Labute approximate surface area is 61.4 Å². The lowest BCUT2D eigenvalue weighted by Gasteiger charge is -1.83. The van der Waals surface area contributed by atoms with E-state index in [1.807, 2.05) is 6.08 Å². The van der Waals surface area contributed by atoms with E-state index < -0.39 is 0 Å². The molecule has 0 N–H and O–H groups in total. The van der Waals surface area contributed by atoms with E-state index in [1.54, 1.807) is 0 Å². The highest BCUT2D eigenvalue weighted by atomic mass is 32.1. The Morgan fingerprint density at radius 2 is 2.11 bits per heavy atom. The summed E-state index contributed by atoms with van der Waals surface area (Å²) in [6, 6.07) is 0. The van der Waals surface area contributed by atoms with Gasteiger partial charge in [0.05, 0.1) is 0 Å². The summed E-state index contributed by atoms with van der Waals surface area (Å²) in [5.41, 5.74) is 1.32. The van der Waals surface area contributed by atoms with Crippen LogP contribution in [-0.2, 0) is 0 Å². The van der Waals surface area contributed by atoms with Crippen LogP contribution in [0.15, 0.2) is 34.8 Å². The minimum absolute atomic E-state index is 1.01. The maximum absolute atomic E-state index is 4.21. The molecule has 0 fully saturated rings. The van der Waals surface area contributed by atoms with Crippen LogP contribution < -0.4 is 0 Å². The second kappa shape index (κ2) is 2.92. The Hall–Kier alpha value is -0.430. The molecule has 0 atom stereocenters. The number of thiol groups is 1. The molecule has 0 nitrogen and oxygen atoms in total. The number of rotatable bonds is 0. The van der Waals surface area contributed by atoms with Crippen LogP contribution in [-0.4, -0.2) is 0 Å². The largest absolute Gasteiger partial charge is 0.144 e. The zero-order valence-corrected chi connectivity index (χ0v) is 6.36. The van der Waals surface area contributed by atoms with Gasteiger partial charge in [0.1, 0.15) is 0 Å². The number of hydrogen-bond acceptors (Lipinski definition) is 1. The molecule has 0 spiro atoms. The second-order valence-corrected chi connectivity index (χ2v) is 2.66. The molecule has 0 amide bonds. The van der Waals surface area contributed by atoms with Crippen molar-refractivity contribution in [1.82, 2.24) is 0 Å². The van der Waals surface area contributed by atoms with E-state index >= 15 is 0 Å². The summed E-state index contributed by atoms with van der Waals surface area (Å²) in [5.74, 6) is 0. The first kappa shape index (κ1) is 6.69. The Bertz CT molecular complexity index is 165. The summed E-state index contributed by atoms with van der Waals surface area (Å²) < 4.78 is 0. The summed E-state index contributed by atoms with van der Waals surface area (Å²) in [6.45, 7) is 2.09. The van der Waals surface area contributed by atoms with Gasteiger partial charge in [-0.2, -0.15) is 0 Å². The van der Waals surface area contributed by atoms with Crippen LogP contribution in [0.1, 0.15) is 13.3 Å². The molecule has 48 valence electrons. The molecule has 1 rings (SSSR count). The molecule has 0 aliphatic heterocycles. The maximum atomic E-state index is 4.21. The average molecular weight is 138 g/mol. The lowest BCUT2D eigenvalue weighted by molar-refractivity contribution is 1.35. The molecule has 1 heteroatoms. The van der Waals surface area contributed by atoms with Gasteiger partial charge in [-0.05, 0) is 19.4 Å². The topological polar surface area (TPSA) is 0 Å². The van der Waals surface area contributed by atoms with Crippen LogP contribution in [0.2, 0.25) is 0 Å². The van der Waals surface area contributed by atoms with Gasteiger partial charge >= 0.3 is 0 Å². The van der Waals surface area contributed by atoms with E-state index in [2.05, 4.69) is 37.8 Å². The molecule has 0 aromatic heterocycles. The van der Waals surface area contributed by atoms with E-state index in [9.17, 15) is 0 Å². The molecule has 0 saturated heterocycles. The van der Waals surface area contributed by atoms with Crippen molar-refractivity contribution in [3.63, 3.8) is 0 Å². The summed E-state index contributed by atoms with van der Waals surface area (Å²) >= 11 is 4.21. The van der Waals surface area contributed by atoms with Crippen LogP contribution in [0, 0.1) is 0 Å². The van der Waals surface area contributed by atoms with Crippen molar-refractivity contribution in [3.8, 4) is 0 Å². The monoisotopic (exact) mass is 138 g/mol. The second-order valence-electron chi connectivity index (χ2n) is 2.15. The fraction of sp³-hybridized carbons (Fsp3) is 0.250. The van der Waals surface area contributed by atoms with Crippen molar-refractivity contribution in [2.45, 2.75) is 13.3 Å². The summed E-state index contributed by atoms with van der Waals surface area (Å²) in [5, 5.41) is 0. The van der Waals surface area contributed by atoms with E-state index in [-0.39, 0.29) is 0 Å². The van der Waals surface area contributed by atoms with Crippen molar-refractivity contribution in [1.29, 1.82) is 0 Å². The molecule has 9 heavy (non-hydrogen) atoms. The Balaban J connectivity index is 2.75. The normalized spacial score (nSPS) is 18.4. The molecule has 1 aliphatic carbocycles. The highest BCUT2D eigenvalue weighted by molar-refractivity contribution is 7.84. The smallest absolute Gasteiger partial charge is 0.000322 e. The van der Waals surface area contributed by atoms with Gasteiger partial charge in [0.15, 0.2) is 0 Å². The molecular weight excluding hydrogens is 128 g/mol. The Morgan fingerprint density at radius 3 is 2.89 bits per heavy atom. The van der Waals surface area contributed by atoms with E-state index in [1.165, 1.54) is 5.57 Å². The van der Waals surface area contributed by atoms with Crippen molar-refractivity contribution >= 4 is 12.6 Å². The van der Waals surface area contributed by atoms with Gasteiger partial charge in [-0.1, -0.05) is 23.8 Å². The fourth-order valence-electron chi connectivity index (χ4n) is 0.718. The van der Waals surface area contributed by atoms with Gasteiger partial charge in [-0.15, -0.1) is 12.6 Å². The molecule has 0 bridgehead atoms. The summed E-state index contributed by atoms with van der Waals surface area (Å²) in [4.78, 5) is 1.06. The lowest BCUT2D eigenvalue weighted by atomic mass is 10.2. The third-order valence-electron chi connectivity index (χ3n) is 1.28. The van der Waals surface area contributed by atoms with E-state index in [0.29, 0.717) is 0 Å². The molecule has 0 heterocycles. The SMILES string of the molecule is CC1=CCC=C(S)C=C1.